The van der Waals surface area contributed by atoms with Gasteiger partial charge in [-0.15, -0.1) is 0 Å². The molecule has 0 amide bonds. The van der Waals surface area contributed by atoms with Crippen LogP contribution in [0.1, 0.15) is 32.8 Å². The Bertz CT molecular complexity index is 339. The smallest absolute Gasteiger partial charge is 0.0410 e. The predicted molar refractivity (Wildman–Crippen MR) is 74.9 cm³/mol. The fourth-order valence-electron chi connectivity index (χ4n) is 1.77. The van der Waals surface area contributed by atoms with Crippen LogP contribution in [0.5, 0.6) is 0 Å². The summed E-state index contributed by atoms with van der Waals surface area (Å²) in [6.07, 6.45) is 1.15. The van der Waals surface area contributed by atoms with Gasteiger partial charge in [-0.25, -0.2) is 0 Å². The summed E-state index contributed by atoms with van der Waals surface area (Å²) < 4.78 is 1.11. The molecule has 0 aliphatic carbocycles. The van der Waals surface area contributed by atoms with E-state index in [1.165, 1.54) is 5.56 Å². The Kier molecular flexibility index (Phi) is 5.81. The zero-order valence-electron chi connectivity index (χ0n) is 10.1. The van der Waals surface area contributed by atoms with Gasteiger partial charge < -0.3 is 5.32 Å². The van der Waals surface area contributed by atoms with E-state index >= 15 is 0 Å². The lowest BCUT2D eigenvalue weighted by Crippen LogP contribution is -2.32. The van der Waals surface area contributed by atoms with Gasteiger partial charge in [-0.1, -0.05) is 48.3 Å². The van der Waals surface area contributed by atoms with E-state index in [1.807, 2.05) is 18.2 Å². The SMILES string of the molecule is CCC(NCc1cc(Cl)ccc1Br)C(C)C. The predicted octanol–water partition coefficient (Wildman–Crippen LogP) is 4.63. The molecule has 0 spiro atoms. The highest BCUT2D eigenvalue weighted by molar-refractivity contribution is 9.10. The van der Waals surface area contributed by atoms with Crippen LogP contribution in [-0.2, 0) is 6.54 Å². The third-order valence-electron chi connectivity index (χ3n) is 2.81. The lowest BCUT2D eigenvalue weighted by molar-refractivity contribution is 0.387. The number of hydrogen-bond donors (Lipinski definition) is 1. The van der Waals surface area contributed by atoms with E-state index in [-0.39, 0.29) is 0 Å². The summed E-state index contributed by atoms with van der Waals surface area (Å²) in [5, 5.41) is 4.35. The summed E-state index contributed by atoms with van der Waals surface area (Å²) in [5.41, 5.74) is 1.21. The van der Waals surface area contributed by atoms with Crippen molar-refractivity contribution in [2.75, 3.05) is 0 Å². The monoisotopic (exact) mass is 303 g/mol. The van der Waals surface area contributed by atoms with Crippen molar-refractivity contribution in [3.05, 3.63) is 33.3 Å². The van der Waals surface area contributed by atoms with Gasteiger partial charge in [0.25, 0.3) is 0 Å². The van der Waals surface area contributed by atoms with Gasteiger partial charge in [0.15, 0.2) is 0 Å². The molecular formula is C13H19BrClN. The standard InChI is InChI=1S/C13H19BrClN/c1-4-13(9(2)3)16-8-10-7-11(15)5-6-12(10)14/h5-7,9,13,16H,4,8H2,1-3H3. The van der Waals surface area contributed by atoms with Crippen LogP contribution in [0.4, 0.5) is 0 Å². The van der Waals surface area contributed by atoms with E-state index < -0.39 is 0 Å². The van der Waals surface area contributed by atoms with Crippen molar-refractivity contribution in [1.82, 2.24) is 5.32 Å². The first kappa shape index (κ1) is 14.0. The van der Waals surface area contributed by atoms with Gasteiger partial charge in [0.2, 0.25) is 0 Å². The summed E-state index contributed by atoms with van der Waals surface area (Å²) in [6.45, 7) is 7.56. The second kappa shape index (κ2) is 6.63. The van der Waals surface area contributed by atoms with Crippen molar-refractivity contribution < 1.29 is 0 Å². The summed E-state index contributed by atoms with van der Waals surface area (Å²) in [6, 6.07) is 6.46. The molecule has 90 valence electrons. The quantitative estimate of drug-likeness (QED) is 0.836. The first-order valence-corrected chi connectivity index (χ1v) is 6.89. The van der Waals surface area contributed by atoms with Crippen LogP contribution in [0.2, 0.25) is 5.02 Å². The van der Waals surface area contributed by atoms with Crippen molar-refractivity contribution in [2.45, 2.75) is 39.8 Å². The Morgan fingerprint density at radius 1 is 1.38 bits per heavy atom. The third kappa shape index (κ3) is 4.08. The number of benzene rings is 1. The van der Waals surface area contributed by atoms with Crippen molar-refractivity contribution >= 4 is 27.5 Å². The summed E-state index contributed by atoms with van der Waals surface area (Å²) in [5.74, 6) is 0.656. The summed E-state index contributed by atoms with van der Waals surface area (Å²) in [4.78, 5) is 0. The molecule has 0 heterocycles. The number of nitrogens with one attached hydrogen (secondary N) is 1. The minimum absolute atomic E-state index is 0.561. The summed E-state index contributed by atoms with van der Waals surface area (Å²) >= 11 is 9.52. The lowest BCUT2D eigenvalue weighted by atomic mass is 10.0. The number of rotatable bonds is 5. The second-order valence-electron chi connectivity index (χ2n) is 4.38. The van der Waals surface area contributed by atoms with Crippen molar-refractivity contribution in [3.63, 3.8) is 0 Å². The van der Waals surface area contributed by atoms with E-state index in [0.29, 0.717) is 12.0 Å². The molecule has 0 aliphatic heterocycles. The molecule has 1 nitrogen and oxygen atoms in total. The Hall–Kier alpha value is -0.0500. The number of halogens is 2. The zero-order chi connectivity index (χ0) is 12.1. The van der Waals surface area contributed by atoms with Crippen molar-refractivity contribution in [1.29, 1.82) is 0 Å². The van der Waals surface area contributed by atoms with E-state index in [9.17, 15) is 0 Å². The first-order valence-electron chi connectivity index (χ1n) is 5.72. The van der Waals surface area contributed by atoms with Crippen LogP contribution in [-0.4, -0.2) is 6.04 Å². The molecule has 1 unspecified atom stereocenters. The molecular weight excluding hydrogens is 286 g/mol. The first-order chi connectivity index (χ1) is 7.54. The van der Waals surface area contributed by atoms with Gasteiger partial charge in [-0.3, -0.25) is 0 Å². The van der Waals surface area contributed by atoms with E-state index in [4.69, 9.17) is 11.6 Å². The maximum atomic E-state index is 5.98. The maximum absolute atomic E-state index is 5.98. The molecule has 1 N–H and O–H groups in total. The fraction of sp³-hybridized carbons (Fsp3) is 0.538. The van der Waals surface area contributed by atoms with Crippen LogP contribution < -0.4 is 5.32 Å². The molecule has 0 saturated carbocycles. The molecule has 0 aliphatic rings. The fourth-order valence-corrected chi connectivity index (χ4v) is 2.35. The molecule has 3 heteroatoms. The second-order valence-corrected chi connectivity index (χ2v) is 5.67. The van der Waals surface area contributed by atoms with E-state index in [2.05, 4.69) is 42.0 Å². The average Bonchev–Trinajstić information content (AvgIpc) is 2.23. The molecule has 1 aromatic rings. The van der Waals surface area contributed by atoms with Gasteiger partial charge in [-0.2, -0.15) is 0 Å². The topological polar surface area (TPSA) is 12.0 Å². The molecule has 0 saturated heterocycles. The summed E-state index contributed by atoms with van der Waals surface area (Å²) in [7, 11) is 0. The van der Waals surface area contributed by atoms with Gasteiger partial charge in [0.05, 0.1) is 0 Å². The highest BCUT2D eigenvalue weighted by Gasteiger charge is 2.10. The van der Waals surface area contributed by atoms with Crippen LogP contribution in [0.15, 0.2) is 22.7 Å². The van der Waals surface area contributed by atoms with Crippen LogP contribution in [0, 0.1) is 5.92 Å². The third-order valence-corrected chi connectivity index (χ3v) is 3.82. The Labute approximate surface area is 112 Å². The van der Waals surface area contributed by atoms with Crippen LogP contribution >= 0.6 is 27.5 Å². The normalized spacial score (nSPS) is 13.1. The van der Waals surface area contributed by atoms with Gasteiger partial charge in [0.1, 0.15) is 0 Å². The van der Waals surface area contributed by atoms with Crippen molar-refractivity contribution in [2.24, 2.45) is 5.92 Å². The van der Waals surface area contributed by atoms with Gasteiger partial charge in [0, 0.05) is 22.1 Å². The number of hydrogen-bond acceptors (Lipinski definition) is 1. The van der Waals surface area contributed by atoms with Crippen LogP contribution in [0.3, 0.4) is 0 Å². The molecule has 0 bridgehead atoms. The van der Waals surface area contributed by atoms with Gasteiger partial charge >= 0.3 is 0 Å². The Morgan fingerprint density at radius 2 is 2.06 bits per heavy atom. The molecule has 1 aromatic carbocycles. The average molecular weight is 305 g/mol. The largest absolute Gasteiger partial charge is 0.310 e. The Morgan fingerprint density at radius 3 is 2.62 bits per heavy atom. The molecule has 1 atom stereocenters. The highest BCUT2D eigenvalue weighted by Crippen LogP contribution is 2.21. The van der Waals surface area contributed by atoms with E-state index in [1.54, 1.807) is 0 Å². The molecule has 0 radical (unpaired) electrons. The molecule has 1 rings (SSSR count). The molecule has 0 aromatic heterocycles. The Balaban J connectivity index is 2.63. The van der Waals surface area contributed by atoms with Crippen molar-refractivity contribution in [3.8, 4) is 0 Å². The highest BCUT2D eigenvalue weighted by atomic mass is 79.9. The maximum Gasteiger partial charge on any atom is 0.0410 e. The molecule has 0 fully saturated rings. The van der Waals surface area contributed by atoms with Crippen LogP contribution in [0.25, 0.3) is 0 Å². The lowest BCUT2D eigenvalue weighted by Gasteiger charge is -2.21. The minimum Gasteiger partial charge on any atom is -0.310 e. The van der Waals surface area contributed by atoms with Gasteiger partial charge in [-0.05, 0) is 36.1 Å². The van der Waals surface area contributed by atoms with E-state index in [0.717, 1.165) is 22.5 Å². The zero-order valence-corrected chi connectivity index (χ0v) is 12.4. The minimum atomic E-state index is 0.561. The molecule has 16 heavy (non-hydrogen) atoms.